The molecule has 0 N–H and O–H groups in total. The second-order valence-corrected chi connectivity index (χ2v) is 15.4. The summed E-state index contributed by atoms with van der Waals surface area (Å²) in [7, 11) is 0. The second-order valence-electron chi connectivity index (χ2n) is 15.4. The van der Waals surface area contributed by atoms with Crippen molar-refractivity contribution in [1.29, 1.82) is 0 Å². The van der Waals surface area contributed by atoms with E-state index in [0.29, 0.717) is 19.3 Å². The van der Waals surface area contributed by atoms with Gasteiger partial charge in [-0.15, -0.1) is 0 Å². The number of unbranched alkanes of at least 4 members (excludes halogenated alkanes) is 14. The van der Waals surface area contributed by atoms with Gasteiger partial charge in [0.1, 0.15) is 13.2 Å². The highest BCUT2D eigenvalue weighted by molar-refractivity contribution is 5.71. The Morgan fingerprint density at radius 3 is 1.21 bits per heavy atom. The number of rotatable bonds is 41. The SMILES string of the molecule is CC/C=C\C/C=C\C/C=C\CCCC(=O)OCC(COC(=O)CCCCCCC\C=C/C=C\C=C/C=C\C=C/CCC)OC(=O)CCCCCCCCC/C=C\C/C=C\CC. The maximum atomic E-state index is 12.8. The first kappa shape index (κ1) is 56.8. The van der Waals surface area contributed by atoms with Crippen LogP contribution in [0.15, 0.2) is 122 Å². The molecule has 0 bridgehead atoms. The Bertz CT molecular complexity index is 1340. The van der Waals surface area contributed by atoms with Gasteiger partial charge in [0.2, 0.25) is 0 Å². The fourth-order valence-corrected chi connectivity index (χ4v) is 6.00. The molecule has 0 aromatic heterocycles. The minimum Gasteiger partial charge on any atom is -0.462 e. The average molecular weight is 843 g/mol. The molecule has 0 heterocycles. The van der Waals surface area contributed by atoms with Gasteiger partial charge >= 0.3 is 17.9 Å². The number of carbonyl (C=O) groups excluding carboxylic acids is 3. The molecule has 0 aromatic carbocycles. The van der Waals surface area contributed by atoms with Crippen LogP contribution in [0.25, 0.3) is 0 Å². The van der Waals surface area contributed by atoms with Crippen molar-refractivity contribution in [2.45, 2.75) is 194 Å². The van der Waals surface area contributed by atoms with Gasteiger partial charge in [-0.1, -0.05) is 200 Å². The lowest BCUT2D eigenvalue weighted by atomic mass is 10.1. The predicted molar refractivity (Wildman–Crippen MR) is 260 cm³/mol. The van der Waals surface area contributed by atoms with Gasteiger partial charge < -0.3 is 14.2 Å². The van der Waals surface area contributed by atoms with Crippen LogP contribution in [0.2, 0.25) is 0 Å². The van der Waals surface area contributed by atoms with Crippen LogP contribution in [0.5, 0.6) is 0 Å². The Balaban J connectivity index is 4.51. The maximum absolute atomic E-state index is 12.8. The van der Waals surface area contributed by atoms with Crippen LogP contribution in [0.1, 0.15) is 188 Å². The molecule has 1 unspecified atom stereocenters. The molecule has 61 heavy (non-hydrogen) atoms. The third-order valence-electron chi connectivity index (χ3n) is 9.54. The largest absolute Gasteiger partial charge is 0.462 e. The van der Waals surface area contributed by atoms with Crippen molar-refractivity contribution < 1.29 is 28.6 Å². The Labute approximate surface area is 373 Å². The lowest BCUT2D eigenvalue weighted by Gasteiger charge is -2.18. The minimum atomic E-state index is -0.815. The molecule has 0 radical (unpaired) electrons. The summed E-state index contributed by atoms with van der Waals surface area (Å²) in [5.41, 5.74) is 0. The first-order valence-corrected chi connectivity index (χ1v) is 24.1. The standard InChI is InChI=1S/C55H86O6/c1-4-7-10-13-16-19-22-24-26-27-28-29-31-33-36-39-42-45-48-54(57)60-51-52(50-59-53(56)47-44-41-38-35-32-21-18-15-12-9-6-3)61-55(58)49-46-43-40-37-34-30-25-23-20-17-14-11-8-5-2/h8-13,16-22,24,26-29,35,38,52H,4-7,14-15,23,25,30-34,36-37,39-51H2,1-3H3/b11-8-,12-9-,13-10-,19-16-,20-17-,21-18-,24-22-,27-26-,29-28-,38-35-. The highest BCUT2D eigenvalue weighted by Crippen LogP contribution is 2.13. The molecule has 1 atom stereocenters. The number of allylic oxidation sites excluding steroid dienone is 20. The highest BCUT2D eigenvalue weighted by atomic mass is 16.6. The summed E-state index contributed by atoms with van der Waals surface area (Å²) in [6.45, 7) is 6.22. The Kier molecular flexibility index (Phi) is 45.1. The van der Waals surface area contributed by atoms with E-state index in [1.54, 1.807) is 0 Å². The second kappa shape index (κ2) is 48.5. The molecular weight excluding hydrogens is 757 g/mol. The molecule has 0 aliphatic carbocycles. The third-order valence-corrected chi connectivity index (χ3v) is 9.54. The van der Waals surface area contributed by atoms with Crippen LogP contribution >= 0.6 is 0 Å². The smallest absolute Gasteiger partial charge is 0.306 e. The number of esters is 3. The van der Waals surface area contributed by atoms with Crippen molar-refractivity contribution in [1.82, 2.24) is 0 Å². The van der Waals surface area contributed by atoms with Gasteiger partial charge in [0.15, 0.2) is 6.10 Å². The van der Waals surface area contributed by atoms with Gasteiger partial charge in [-0.3, -0.25) is 14.4 Å². The van der Waals surface area contributed by atoms with Gasteiger partial charge in [0, 0.05) is 19.3 Å². The third kappa shape index (κ3) is 46.7. The first-order chi connectivity index (χ1) is 30.0. The zero-order chi connectivity index (χ0) is 44.4. The van der Waals surface area contributed by atoms with Crippen LogP contribution in [0, 0.1) is 0 Å². The molecule has 0 fully saturated rings. The zero-order valence-electron chi connectivity index (χ0n) is 38.9. The van der Waals surface area contributed by atoms with E-state index in [0.717, 1.165) is 109 Å². The molecule has 342 valence electrons. The maximum Gasteiger partial charge on any atom is 0.306 e. The Hall–Kier alpha value is -4.19. The van der Waals surface area contributed by atoms with E-state index in [1.165, 1.54) is 32.1 Å². The fourth-order valence-electron chi connectivity index (χ4n) is 6.00. The van der Waals surface area contributed by atoms with E-state index in [-0.39, 0.29) is 37.5 Å². The molecule has 0 spiro atoms. The normalized spacial score (nSPS) is 13.2. The van der Waals surface area contributed by atoms with Gasteiger partial charge in [0.25, 0.3) is 0 Å². The van der Waals surface area contributed by atoms with E-state index in [2.05, 4.69) is 106 Å². The fraction of sp³-hybridized carbons (Fsp3) is 0.582. The molecule has 0 aromatic rings. The van der Waals surface area contributed by atoms with Crippen molar-refractivity contribution in [2.24, 2.45) is 0 Å². The van der Waals surface area contributed by atoms with Crippen molar-refractivity contribution in [3.8, 4) is 0 Å². The molecule has 0 aliphatic heterocycles. The van der Waals surface area contributed by atoms with Gasteiger partial charge in [-0.05, 0) is 89.9 Å². The number of ether oxygens (including phenoxy) is 3. The van der Waals surface area contributed by atoms with Crippen LogP contribution in [0.3, 0.4) is 0 Å². The van der Waals surface area contributed by atoms with Gasteiger partial charge in [-0.2, -0.15) is 0 Å². The number of carbonyl (C=O) groups is 3. The molecular formula is C55H86O6. The molecule has 0 amide bonds. The summed E-state index contributed by atoms with van der Waals surface area (Å²) in [6, 6.07) is 0. The molecule has 0 rings (SSSR count). The summed E-state index contributed by atoms with van der Waals surface area (Å²) >= 11 is 0. The summed E-state index contributed by atoms with van der Waals surface area (Å²) < 4.78 is 16.7. The van der Waals surface area contributed by atoms with E-state index >= 15 is 0 Å². The van der Waals surface area contributed by atoms with Gasteiger partial charge in [0.05, 0.1) is 0 Å². The van der Waals surface area contributed by atoms with E-state index in [9.17, 15) is 14.4 Å². The summed E-state index contributed by atoms with van der Waals surface area (Å²) in [6.07, 6.45) is 66.1. The summed E-state index contributed by atoms with van der Waals surface area (Å²) in [5.74, 6) is -1.01. The Morgan fingerprint density at radius 1 is 0.361 bits per heavy atom. The molecule has 6 heteroatoms. The molecule has 6 nitrogen and oxygen atoms in total. The predicted octanol–water partition coefficient (Wildman–Crippen LogP) is 15.7. The lowest BCUT2D eigenvalue weighted by Crippen LogP contribution is -2.30. The monoisotopic (exact) mass is 843 g/mol. The van der Waals surface area contributed by atoms with E-state index in [4.69, 9.17) is 14.2 Å². The minimum absolute atomic E-state index is 0.114. The van der Waals surface area contributed by atoms with Gasteiger partial charge in [-0.25, -0.2) is 0 Å². The number of hydrogen-bond donors (Lipinski definition) is 0. The van der Waals surface area contributed by atoms with Crippen molar-refractivity contribution in [3.05, 3.63) is 122 Å². The molecule has 0 saturated heterocycles. The molecule has 0 aliphatic rings. The van der Waals surface area contributed by atoms with Crippen molar-refractivity contribution >= 4 is 17.9 Å². The van der Waals surface area contributed by atoms with E-state index < -0.39 is 6.10 Å². The van der Waals surface area contributed by atoms with E-state index in [1.807, 2.05) is 36.5 Å². The topological polar surface area (TPSA) is 78.9 Å². The average Bonchev–Trinajstić information content (AvgIpc) is 3.26. The van der Waals surface area contributed by atoms with Crippen LogP contribution in [0.4, 0.5) is 0 Å². The Morgan fingerprint density at radius 2 is 0.721 bits per heavy atom. The zero-order valence-corrected chi connectivity index (χ0v) is 38.9. The van der Waals surface area contributed by atoms with Crippen LogP contribution in [-0.2, 0) is 28.6 Å². The van der Waals surface area contributed by atoms with Crippen LogP contribution < -0.4 is 0 Å². The highest BCUT2D eigenvalue weighted by Gasteiger charge is 2.19. The summed E-state index contributed by atoms with van der Waals surface area (Å²) in [4.78, 5) is 37.8. The first-order valence-electron chi connectivity index (χ1n) is 24.1. The molecule has 0 saturated carbocycles. The lowest BCUT2D eigenvalue weighted by molar-refractivity contribution is -0.167. The van der Waals surface area contributed by atoms with Crippen molar-refractivity contribution in [2.75, 3.05) is 13.2 Å². The number of hydrogen-bond acceptors (Lipinski definition) is 6. The van der Waals surface area contributed by atoms with Crippen molar-refractivity contribution in [3.63, 3.8) is 0 Å². The quantitative estimate of drug-likeness (QED) is 0.0201. The summed E-state index contributed by atoms with van der Waals surface area (Å²) in [5, 5.41) is 0. The van der Waals surface area contributed by atoms with Crippen LogP contribution in [-0.4, -0.2) is 37.2 Å².